The topological polar surface area (TPSA) is 46.5 Å². The lowest BCUT2D eigenvalue weighted by Gasteiger charge is -2.09. The molecular formula is C24H25N3O2S. The van der Waals surface area contributed by atoms with Crippen molar-refractivity contribution in [1.82, 2.24) is 14.8 Å². The molecule has 0 radical (unpaired) electrons. The number of para-hydroxylation sites is 2. The molecule has 2 heterocycles. The van der Waals surface area contributed by atoms with E-state index < -0.39 is 0 Å². The van der Waals surface area contributed by atoms with Crippen LogP contribution in [-0.2, 0) is 11.3 Å². The van der Waals surface area contributed by atoms with Gasteiger partial charge >= 0.3 is 0 Å². The second kappa shape index (κ2) is 8.71. The summed E-state index contributed by atoms with van der Waals surface area (Å²) < 4.78 is 8.16. The molecule has 4 rings (SSSR count). The van der Waals surface area contributed by atoms with Crippen LogP contribution in [0.15, 0.2) is 60.4 Å². The molecule has 30 heavy (non-hydrogen) atoms. The van der Waals surface area contributed by atoms with Crippen molar-refractivity contribution in [3.8, 4) is 5.75 Å². The standard InChI is InChI=1S/C24H25N3O2S/c1-3-27-23(28)20(25-24(27)30)15-18-16-26(21-11-6-5-10-19(18)21)13-8-14-29-22-12-7-4-9-17(22)2/h4-7,9-12,15-16H,3,8,13-14H2,1-2H3,(H,25,30). The van der Waals surface area contributed by atoms with Crippen LogP contribution < -0.4 is 10.1 Å². The summed E-state index contributed by atoms with van der Waals surface area (Å²) in [6, 6.07) is 16.3. The van der Waals surface area contributed by atoms with Crippen molar-refractivity contribution in [2.75, 3.05) is 13.2 Å². The zero-order chi connectivity index (χ0) is 21.1. The first-order valence-electron chi connectivity index (χ1n) is 10.2. The number of rotatable bonds is 7. The van der Waals surface area contributed by atoms with E-state index in [4.69, 9.17) is 17.0 Å². The summed E-state index contributed by atoms with van der Waals surface area (Å²) in [6.07, 6.45) is 4.87. The maximum atomic E-state index is 12.6. The minimum atomic E-state index is -0.0778. The number of aryl methyl sites for hydroxylation is 2. The first-order chi connectivity index (χ1) is 14.6. The van der Waals surface area contributed by atoms with Gasteiger partial charge in [-0.25, -0.2) is 0 Å². The van der Waals surface area contributed by atoms with E-state index in [-0.39, 0.29) is 5.91 Å². The Hall–Kier alpha value is -3.12. The molecular weight excluding hydrogens is 394 g/mol. The van der Waals surface area contributed by atoms with Crippen molar-refractivity contribution in [2.24, 2.45) is 0 Å². The Kier molecular flexibility index (Phi) is 5.86. The molecule has 0 spiro atoms. The second-order valence-electron chi connectivity index (χ2n) is 7.30. The second-order valence-corrected chi connectivity index (χ2v) is 7.69. The van der Waals surface area contributed by atoms with Crippen molar-refractivity contribution < 1.29 is 9.53 Å². The molecule has 3 aromatic rings. The van der Waals surface area contributed by atoms with E-state index in [0.717, 1.165) is 40.7 Å². The van der Waals surface area contributed by atoms with Gasteiger partial charge in [-0.3, -0.25) is 9.69 Å². The Morgan fingerprint density at radius 3 is 2.67 bits per heavy atom. The van der Waals surface area contributed by atoms with Gasteiger partial charge in [0.05, 0.1) is 6.61 Å². The maximum Gasteiger partial charge on any atom is 0.276 e. The summed E-state index contributed by atoms with van der Waals surface area (Å²) in [5.74, 6) is 0.855. The fourth-order valence-corrected chi connectivity index (χ4v) is 4.05. The minimum absolute atomic E-state index is 0.0778. The summed E-state index contributed by atoms with van der Waals surface area (Å²) in [6.45, 7) is 6.01. The predicted octanol–water partition coefficient (Wildman–Crippen LogP) is 4.50. The fraction of sp³-hybridized carbons (Fsp3) is 0.250. The van der Waals surface area contributed by atoms with Crippen LogP contribution >= 0.6 is 12.2 Å². The third-order valence-electron chi connectivity index (χ3n) is 5.29. The van der Waals surface area contributed by atoms with Crippen molar-refractivity contribution in [3.05, 3.63) is 71.6 Å². The van der Waals surface area contributed by atoms with E-state index >= 15 is 0 Å². The minimum Gasteiger partial charge on any atom is -0.493 e. The molecule has 0 saturated carbocycles. The van der Waals surface area contributed by atoms with Crippen LogP contribution in [0.5, 0.6) is 5.75 Å². The average Bonchev–Trinajstić information content (AvgIpc) is 3.23. The molecule has 0 bridgehead atoms. The van der Waals surface area contributed by atoms with Crippen LogP contribution in [0.4, 0.5) is 0 Å². The van der Waals surface area contributed by atoms with Gasteiger partial charge in [0.15, 0.2) is 5.11 Å². The molecule has 1 fully saturated rings. The molecule has 1 saturated heterocycles. The Morgan fingerprint density at radius 1 is 1.13 bits per heavy atom. The zero-order valence-electron chi connectivity index (χ0n) is 17.2. The van der Waals surface area contributed by atoms with E-state index in [2.05, 4.69) is 41.2 Å². The Balaban J connectivity index is 1.51. The van der Waals surface area contributed by atoms with E-state index in [1.54, 1.807) is 4.90 Å². The van der Waals surface area contributed by atoms with Gasteiger partial charge < -0.3 is 14.6 Å². The van der Waals surface area contributed by atoms with Gasteiger partial charge in [0.25, 0.3) is 5.91 Å². The predicted molar refractivity (Wildman–Crippen MR) is 124 cm³/mol. The van der Waals surface area contributed by atoms with Gasteiger partial charge in [-0.15, -0.1) is 0 Å². The number of carbonyl (C=O) groups is 1. The third-order valence-corrected chi connectivity index (χ3v) is 5.61. The molecule has 1 aliphatic heterocycles. The number of hydrogen-bond acceptors (Lipinski definition) is 3. The summed E-state index contributed by atoms with van der Waals surface area (Å²) in [5, 5.41) is 4.62. The van der Waals surface area contributed by atoms with Crippen molar-refractivity contribution in [3.63, 3.8) is 0 Å². The number of ether oxygens (including phenoxy) is 1. The highest BCUT2D eigenvalue weighted by Gasteiger charge is 2.29. The molecule has 0 aliphatic carbocycles. The molecule has 1 aliphatic rings. The smallest absolute Gasteiger partial charge is 0.276 e. The van der Waals surface area contributed by atoms with Crippen LogP contribution in [0.25, 0.3) is 17.0 Å². The first kappa shape index (κ1) is 20.2. The highest BCUT2D eigenvalue weighted by molar-refractivity contribution is 7.80. The summed E-state index contributed by atoms with van der Waals surface area (Å²) >= 11 is 5.27. The molecule has 2 aromatic carbocycles. The van der Waals surface area contributed by atoms with Crippen LogP contribution in [0.2, 0.25) is 0 Å². The monoisotopic (exact) mass is 419 g/mol. The number of thiocarbonyl (C=S) groups is 1. The largest absolute Gasteiger partial charge is 0.493 e. The number of aromatic nitrogens is 1. The lowest BCUT2D eigenvalue weighted by Crippen LogP contribution is -2.30. The van der Waals surface area contributed by atoms with Gasteiger partial charge in [0.1, 0.15) is 11.4 Å². The van der Waals surface area contributed by atoms with Crippen LogP contribution in [0.1, 0.15) is 24.5 Å². The summed E-state index contributed by atoms with van der Waals surface area (Å²) in [7, 11) is 0. The van der Waals surface area contributed by atoms with Gasteiger partial charge in [0.2, 0.25) is 0 Å². The molecule has 6 heteroatoms. The highest BCUT2D eigenvalue weighted by Crippen LogP contribution is 2.25. The molecule has 1 N–H and O–H groups in total. The van der Waals surface area contributed by atoms with Crippen molar-refractivity contribution >= 4 is 40.2 Å². The van der Waals surface area contributed by atoms with Crippen molar-refractivity contribution in [1.29, 1.82) is 0 Å². The Labute approximate surface area is 181 Å². The first-order valence-corrected chi connectivity index (χ1v) is 10.6. The number of fused-ring (bicyclic) bond motifs is 1. The number of likely N-dealkylation sites (N-methyl/N-ethyl adjacent to an activating group) is 1. The number of carbonyl (C=O) groups excluding carboxylic acids is 1. The van der Waals surface area contributed by atoms with E-state index in [1.807, 2.05) is 43.3 Å². The Bertz CT molecular complexity index is 1130. The lowest BCUT2D eigenvalue weighted by molar-refractivity contribution is -0.122. The SMILES string of the molecule is CCN1C(=O)C(=Cc2cn(CCCOc3ccccc3C)c3ccccc23)NC1=S. The van der Waals surface area contributed by atoms with Crippen molar-refractivity contribution in [2.45, 2.75) is 26.8 Å². The number of nitrogens with zero attached hydrogens (tertiary/aromatic N) is 2. The summed E-state index contributed by atoms with van der Waals surface area (Å²) in [4.78, 5) is 14.1. The van der Waals surface area contributed by atoms with Crippen LogP contribution in [0.3, 0.4) is 0 Å². The molecule has 5 nitrogen and oxygen atoms in total. The third kappa shape index (κ3) is 3.96. The van der Waals surface area contributed by atoms with Gasteiger partial charge in [0, 0.05) is 35.8 Å². The highest BCUT2D eigenvalue weighted by atomic mass is 32.1. The number of amides is 1. The average molecular weight is 420 g/mol. The number of hydrogen-bond donors (Lipinski definition) is 1. The summed E-state index contributed by atoms with van der Waals surface area (Å²) in [5.41, 5.74) is 3.81. The Morgan fingerprint density at radius 2 is 1.90 bits per heavy atom. The number of benzene rings is 2. The molecule has 0 unspecified atom stereocenters. The van der Waals surface area contributed by atoms with Crippen LogP contribution in [-0.4, -0.2) is 33.6 Å². The normalized spacial score (nSPS) is 15.3. The van der Waals surface area contributed by atoms with E-state index in [9.17, 15) is 4.79 Å². The molecule has 154 valence electrons. The van der Waals surface area contributed by atoms with Crippen LogP contribution in [0, 0.1) is 6.92 Å². The van der Waals surface area contributed by atoms with E-state index in [0.29, 0.717) is 24.0 Å². The quantitative estimate of drug-likeness (QED) is 0.348. The maximum absolute atomic E-state index is 12.6. The van der Waals surface area contributed by atoms with E-state index in [1.165, 1.54) is 0 Å². The molecule has 1 aromatic heterocycles. The van der Waals surface area contributed by atoms with Gasteiger partial charge in [-0.2, -0.15) is 0 Å². The van der Waals surface area contributed by atoms with Gasteiger partial charge in [-0.1, -0.05) is 36.4 Å². The fourth-order valence-electron chi connectivity index (χ4n) is 3.72. The zero-order valence-corrected chi connectivity index (χ0v) is 18.0. The van der Waals surface area contributed by atoms with Gasteiger partial charge in [-0.05, 0) is 56.3 Å². The molecule has 1 amide bonds. The lowest BCUT2D eigenvalue weighted by atomic mass is 10.1. The number of nitrogens with one attached hydrogen (secondary N) is 1. The molecule has 0 atom stereocenters.